The van der Waals surface area contributed by atoms with Gasteiger partial charge in [-0.25, -0.2) is 9.37 Å². The molecule has 6 nitrogen and oxygen atoms in total. The van der Waals surface area contributed by atoms with Crippen LogP contribution in [0.3, 0.4) is 0 Å². The number of hydrogen-bond donors (Lipinski definition) is 1. The zero-order valence-electron chi connectivity index (χ0n) is 18.1. The molecule has 0 aliphatic heterocycles. The SMILES string of the molecule is CCCOc1c[nH]c(Cn2c(C(C)C)nc3scc(-c4ccc(F)cc4)c3c2=O)cc1=O. The summed E-state index contributed by atoms with van der Waals surface area (Å²) in [6.45, 7) is 6.56. The first-order valence-corrected chi connectivity index (χ1v) is 11.4. The molecular formula is C24H24FN3O3S. The minimum absolute atomic E-state index is 0.00218. The number of nitrogens with one attached hydrogen (secondary N) is 1. The molecule has 0 aliphatic rings. The van der Waals surface area contributed by atoms with E-state index in [0.29, 0.717) is 28.3 Å². The quantitative estimate of drug-likeness (QED) is 0.431. The highest BCUT2D eigenvalue weighted by Crippen LogP contribution is 2.32. The van der Waals surface area contributed by atoms with Gasteiger partial charge in [0.05, 0.1) is 18.5 Å². The first-order chi connectivity index (χ1) is 15.4. The van der Waals surface area contributed by atoms with Gasteiger partial charge in [0, 0.05) is 34.8 Å². The van der Waals surface area contributed by atoms with Crippen molar-refractivity contribution in [3.8, 4) is 16.9 Å². The largest absolute Gasteiger partial charge is 0.488 e. The van der Waals surface area contributed by atoms with Crippen molar-refractivity contribution in [2.45, 2.75) is 39.7 Å². The van der Waals surface area contributed by atoms with Crippen LogP contribution in [-0.2, 0) is 6.54 Å². The second-order valence-corrected chi connectivity index (χ2v) is 8.75. The number of aromatic nitrogens is 3. The number of fused-ring (bicyclic) bond motifs is 1. The third kappa shape index (κ3) is 4.23. The van der Waals surface area contributed by atoms with Gasteiger partial charge in [-0.1, -0.05) is 32.9 Å². The van der Waals surface area contributed by atoms with Gasteiger partial charge in [-0.05, 0) is 24.1 Å². The van der Waals surface area contributed by atoms with Crippen LogP contribution in [0.25, 0.3) is 21.3 Å². The standard InChI is InChI=1S/C24H24FN3O3S/c1-4-9-31-20-11-26-17(10-19(20)29)12-28-22(14(2)3)27-23-21(24(28)30)18(13-32-23)15-5-7-16(25)8-6-15/h5-8,10-11,13-14H,4,9,12H2,1-3H3,(H,26,29). The van der Waals surface area contributed by atoms with Gasteiger partial charge in [-0.2, -0.15) is 0 Å². The maximum absolute atomic E-state index is 13.6. The molecule has 3 heterocycles. The van der Waals surface area contributed by atoms with Gasteiger partial charge < -0.3 is 9.72 Å². The summed E-state index contributed by atoms with van der Waals surface area (Å²) in [6, 6.07) is 7.52. The van der Waals surface area contributed by atoms with Crippen molar-refractivity contribution in [2.75, 3.05) is 6.61 Å². The van der Waals surface area contributed by atoms with Gasteiger partial charge in [-0.3, -0.25) is 14.2 Å². The monoisotopic (exact) mass is 453 g/mol. The number of nitrogens with zero attached hydrogens (tertiary/aromatic N) is 2. The summed E-state index contributed by atoms with van der Waals surface area (Å²) in [5, 5.41) is 2.37. The number of H-pyrrole nitrogens is 1. The van der Waals surface area contributed by atoms with Gasteiger partial charge in [0.25, 0.3) is 5.56 Å². The Morgan fingerprint density at radius 3 is 2.62 bits per heavy atom. The number of benzene rings is 1. The molecule has 0 aliphatic carbocycles. The molecule has 0 fully saturated rings. The topological polar surface area (TPSA) is 77.0 Å². The Kier molecular flexibility index (Phi) is 6.23. The molecular weight excluding hydrogens is 429 g/mol. The Morgan fingerprint density at radius 1 is 1.22 bits per heavy atom. The molecule has 166 valence electrons. The Labute approximate surface area is 188 Å². The van der Waals surface area contributed by atoms with Gasteiger partial charge in [0.1, 0.15) is 16.5 Å². The zero-order chi connectivity index (χ0) is 22.8. The van der Waals surface area contributed by atoms with Crippen molar-refractivity contribution in [3.05, 3.63) is 79.8 Å². The Hall–Kier alpha value is -3.26. The summed E-state index contributed by atoms with van der Waals surface area (Å²) in [5.41, 5.74) is 1.64. The number of ether oxygens (including phenoxy) is 1. The molecule has 4 aromatic rings. The van der Waals surface area contributed by atoms with Crippen molar-refractivity contribution in [1.29, 1.82) is 0 Å². The third-order valence-corrected chi connectivity index (χ3v) is 5.99. The molecule has 4 rings (SSSR count). The minimum atomic E-state index is -0.332. The Bertz CT molecular complexity index is 1370. The van der Waals surface area contributed by atoms with Gasteiger partial charge >= 0.3 is 0 Å². The van der Waals surface area contributed by atoms with E-state index in [1.807, 2.05) is 26.2 Å². The molecule has 3 aromatic heterocycles. The fraction of sp³-hybridized carbons (Fsp3) is 0.292. The van der Waals surface area contributed by atoms with Crippen molar-refractivity contribution in [1.82, 2.24) is 14.5 Å². The summed E-state index contributed by atoms with van der Waals surface area (Å²) in [4.78, 5) is 34.5. The number of halogens is 1. The third-order valence-electron chi connectivity index (χ3n) is 5.12. The maximum Gasteiger partial charge on any atom is 0.263 e. The van der Waals surface area contributed by atoms with E-state index in [4.69, 9.17) is 9.72 Å². The van der Waals surface area contributed by atoms with Crippen LogP contribution in [0.4, 0.5) is 4.39 Å². The lowest BCUT2D eigenvalue weighted by Gasteiger charge is -2.15. The highest BCUT2D eigenvalue weighted by atomic mass is 32.1. The lowest BCUT2D eigenvalue weighted by Crippen LogP contribution is -2.27. The lowest BCUT2D eigenvalue weighted by molar-refractivity contribution is 0.313. The smallest absolute Gasteiger partial charge is 0.263 e. The van der Waals surface area contributed by atoms with E-state index in [9.17, 15) is 14.0 Å². The molecule has 32 heavy (non-hydrogen) atoms. The van der Waals surface area contributed by atoms with E-state index in [0.717, 1.165) is 17.5 Å². The average Bonchev–Trinajstić information content (AvgIpc) is 3.19. The first kappa shape index (κ1) is 22.0. The maximum atomic E-state index is 13.6. The molecule has 1 N–H and O–H groups in total. The molecule has 0 atom stereocenters. The van der Waals surface area contributed by atoms with E-state index >= 15 is 0 Å². The highest BCUT2D eigenvalue weighted by molar-refractivity contribution is 7.17. The molecule has 0 radical (unpaired) electrons. The van der Waals surface area contributed by atoms with Crippen molar-refractivity contribution >= 4 is 21.6 Å². The van der Waals surface area contributed by atoms with Crippen LogP contribution in [0.15, 0.2) is 51.5 Å². The minimum Gasteiger partial charge on any atom is -0.488 e. The van der Waals surface area contributed by atoms with Gasteiger partial charge in [-0.15, -0.1) is 11.3 Å². The molecule has 0 unspecified atom stereocenters. The van der Waals surface area contributed by atoms with Crippen LogP contribution in [0.1, 0.15) is 44.6 Å². The van der Waals surface area contributed by atoms with Crippen LogP contribution in [0.2, 0.25) is 0 Å². The van der Waals surface area contributed by atoms with Gasteiger partial charge in [0.2, 0.25) is 5.43 Å². The van der Waals surface area contributed by atoms with Crippen LogP contribution in [-0.4, -0.2) is 21.1 Å². The summed E-state index contributed by atoms with van der Waals surface area (Å²) in [5.74, 6) is 0.572. The molecule has 0 spiro atoms. The van der Waals surface area contributed by atoms with E-state index < -0.39 is 0 Å². The van der Waals surface area contributed by atoms with Crippen LogP contribution < -0.4 is 15.7 Å². The number of hydrogen-bond acceptors (Lipinski definition) is 5. The number of thiophene rings is 1. The summed E-state index contributed by atoms with van der Waals surface area (Å²) < 4.78 is 20.4. The summed E-state index contributed by atoms with van der Waals surface area (Å²) in [7, 11) is 0. The van der Waals surface area contributed by atoms with E-state index in [2.05, 4.69) is 4.98 Å². The van der Waals surface area contributed by atoms with Crippen molar-refractivity contribution in [3.63, 3.8) is 0 Å². The highest BCUT2D eigenvalue weighted by Gasteiger charge is 2.19. The number of pyridine rings is 1. The Balaban J connectivity index is 1.82. The molecule has 8 heteroatoms. The van der Waals surface area contributed by atoms with E-state index in [-0.39, 0.29) is 35.0 Å². The van der Waals surface area contributed by atoms with Crippen molar-refractivity contribution in [2.24, 2.45) is 0 Å². The number of aromatic amines is 1. The zero-order valence-corrected chi connectivity index (χ0v) is 19.0. The molecule has 1 aromatic carbocycles. The number of rotatable bonds is 7. The molecule has 0 saturated carbocycles. The molecule has 0 amide bonds. The predicted molar refractivity (Wildman–Crippen MR) is 125 cm³/mol. The second kappa shape index (κ2) is 9.08. The molecule has 0 saturated heterocycles. The summed E-state index contributed by atoms with van der Waals surface area (Å²) >= 11 is 1.39. The Morgan fingerprint density at radius 2 is 1.97 bits per heavy atom. The predicted octanol–water partition coefficient (Wildman–Crippen LogP) is 4.91. The van der Waals surface area contributed by atoms with E-state index in [1.54, 1.807) is 16.7 Å². The normalized spacial score (nSPS) is 11.4. The molecule has 0 bridgehead atoms. The fourth-order valence-electron chi connectivity index (χ4n) is 3.56. The summed E-state index contributed by atoms with van der Waals surface area (Å²) in [6.07, 6.45) is 2.34. The lowest BCUT2D eigenvalue weighted by atomic mass is 10.1. The van der Waals surface area contributed by atoms with Crippen LogP contribution >= 0.6 is 11.3 Å². The fourth-order valence-corrected chi connectivity index (χ4v) is 4.51. The first-order valence-electron chi connectivity index (χ1n) is 10.5. The van der Waals surface area contributed by atoms with Gasteiger partial charge in [0.15, 0.2) is 5.75 Å². The van der Waals surface area contributed by atoms with E-state index in [1.165, 1.54) is 35.7 Å². The van der Waals surface area contributed by atoms with Crippen molar-refractivity contribution < 1.29 is 9.13 Å². The average molecular weight is 454 g/mol. The van der Waals surface area contributed by atoms with Crippen LogP contribution in [0, 0.1) is 5.82 Å². The second-order valence-electron chi connectivity index (χ2n) is 7.89. The van der Waals surface area contributed by atoms with Crippen LogP contribution in [0.5, 0.6) is 5.75 Å².